The SMILES string of the molecule is FC(F)(F)c1c(-n2c3ccccc3c3cc(-n4c5ccccc5c5ccccc54)ccc32)c(-n2c3ccccc3c3cc(-n4c5ccccc5c5ccccc54)ccc32)c(C(F)(F)F)c(-n2c3ccccc3c3cc(-n4c5ccccc5c5ccccc54)ccc32)c1-n1c2ccccc2c2cc(-n3c4ccccc4c4ccccc43)ccc21. The van der Waals surface area contributed by atoms with E-state index in [1.165, 1.54) is 18.3 Å². The van der Waals surface area contributed by atoms with Crippen LogP contribution in [-0.4, -0.2) is 36.5 Å². The fourth-order valence-electron chi connectivity index (χ4n) is 20.3. The third kappa shape index (κ3) is 9.05. The summed E-state index contributed by atoms with van der Waals surface area (Å²) in [7, 11) is 0. The van der Waals surface area contributed by atoms with Crippen molar-refractivity contribution in [3.05, 3.63) is 375 Å². The molecule has 0 unspecified atom stereocenters. The Morgan fingerprint density at radius 3 is 0.415 bits per heavy atom. The van der Waals surface area contributed by atoms with Crippen LogP contribution >= 0.6 is 0 Å². The van der Waals surface area contributed by atoms with Crippen LogP contribution in [0.4, 0.5) is 26.3 Å². The zero-order valence-corrected chi connectivity index (χ0v) is 62.5. The lowest BCUT2D eigenvalue weighted by molar-refractivity contribution is -0.141. The maximum atomic E-state index is 19.7. The number of fused-ring (bicyclic) bond motifs is 24. The van der Waals surface area contributed by atoms with E-state index in [2.05, 4.69) is 66.8 Å². The van der Waals surface area contributed by atoms with Crippen molar-refractivity contribution in [1.29, 1.82) is 0 Å². The summed E-state index contributed by atoms with van der Waals surface area (Å²) in [5.41, 5.74) is 6.43. The third-order valence-corrected chi connectivity index (χ3v) is 24.8. The number of rotatable bonds is 8. The standard InChI is InChI=1S/C104H60F6N8/c105-103(106,107)97-99(115-89-45-21-9-33-73(89)77-57-61(49-53-93(77)115)111-81-37-13-1-25-65(81)66-26-2-14-38-82(66)111)100(116-90-46-22-10-34-74(90)78-58-62(50-54-94(78)116)112-83-39-15-3-27-67(83)68-28-4-16-40-84(68)112)98(104(108,109)110)102(118-92-48-24-12-36-76(92)80-60-64(52-56-96(80)118)114-87-43-19-7-31-71(87)72-32-8-20-44-88(72)114)101(97)117-91-47-23-11-35-75(91)79-59-63(51-55-95(79)117)113-85-41-17-5-29-69(85)70-30-6-18-42-86(70)113/h1-60H. The highest BCUT2D eigenvalue weighted by atomic mass is 19.4. The second-order valence-electron chi connectivity index (χ2n) is 30.8. The molecule has 25 aromatic rings. The molecule has 0 bridgehead atoms. The quantitative estimate of drug-likeness (QED) is 0.136. The summed E-state index contributed by atoms with van der Waals surface area (Å²) in [4.78, 5) is 0. The van der Waals surface area contributed by atoms with Crippen LogP contribution in [0, 0.1) is 0 Å². The molecule has 0 aliphatic carbocycles. The molecule has 0 atom stereocenters. The van der Waals surface area contributed by atoms with Gasteiger partial charge < -0.3 is 36.5 Å². The zero-order valence-electron chi connectivity index (χ0n) is 62.5. The maximum absolute atomic E-state index is 19.7. The second-order valence-corrected chi connectivity index (χ2v) is 30.8. The van der Waals surface area contributed by atoms with Gasteiger partial charge in [-0.15, -0.1) is 0 Å². The summed E-state index contributed by atoms with van der Waals surface area (Å²) in [6, 6.07) is 116. The molecule has 25 rings (SSSR count). The molecule has 0 fully saturated rings. The van der Waals surface area contributed by atoms with Crippen LogP contribution in [0.5, 0.6) is 0 Å². The smallest absolute Gasteiger partial charge is 0.309 e. The van der Waals surface area contributed by atoms with Gasteiger partial charge in [0.15, 0.2) is 0 Å². The van der Waals surface area contributed by atoms with Gasteiger partial charge in [0.1, 0.15) is 11.1 Å². The van der Waals surface area contributed by atoms with Gasteiger partial charge >= 0.3 is 12.4 Å². The van der Waals surface area contributed by atoms with Gasteiger partial charge in [0.25, 0.3) is 0 Å². The van der Waals surface area contributed by atoms with Crippen molar-refractivity contribution < 1.29 is 26.3 Å². The summed E-state index contributed by atoms with van der Waals surface area (Å²) in [6.45, 7) is 0. The first kappa shape index (κ1) is 66.2. The molecule has 8 heterocycles. The van der Waals surface area contributed by atoms with Crippen molar-refractivity contribution >= 4 is 174 Å². The largest absolute Gasteiger partial charge is 0.420 e. The van der Waals surface area contributed by atoms with Crippen LogP contribution in [0.25, 0.3) is 220 Å². The Balaban J connectivity index is 0.893. The summed E-state index contributed by atoms with van der Waals surface area (Å²) >= 11 is 0. The van der Waals surface area contributed by atoms with Crippen molar-refractivity contribution in [1.82, 2.24) is 36.5 Å². The fraction of sp³-hybridized carbons (Fsp3) is 0.0192. The lowest BCUT2D eigenvalue weighted by Gasteiger charge is -2.32. The maximum Gasteiger partial charge on any atom is 0.420 e. The molecule has 0 N–H and O–H groups in total. The van der Waals surface area contributed by atoms with E-state index in [-0.39, 0.29) is 44.1 Å². The van der Waals surface area contributed by atoms with E-state index < -0.39 is 46.2 Å². The predicted octanol–water partition coefficient (Wildman–Crippen LogP) is 28.5. The molecule has 0 aliphatic heterocycles. The molecular formula is C104H60F6N8. The highest BCUT2D eigenvalue weighted by molar-refractivity contribution is 6.20. The molecule has 0 saturated heterocycles. The van der Waals surface area contributed by atoms with Gasteiger partial charge in [-0.25, -0.2) is 0 Å². The minimum Gasteiger partial charge on any atom is -0.309 e. The van der Waals surface area contributed by atoms with Crippen molar-refractivity contribution in [3.8, 4) is 45.5 Å². The lowest BCUT2D eigenvalue weighted by Crippen LogP contribution is -2.26. The molecule has 14 heteroatoms. The Labute approximate surface area is 666 Å². The molecule has 118 heavy (non-hydrogen) atoms. The van der Waals surface area contributed by atoms with Gasteiger partial charge in [-0.05, 0) is 146 Å². The second kappa shape index (κ2) is 24.1. The average molecular weight is 1540 g/mol. The molecule has 558 valence electrons. The highest BCUT2D eigenvalue weighted by Crippen LogP contribution is 2.57. The van der Waals surface area contributed by atoms with Crippen LogP contribution in [0.15, 0.2) is 364 Å². The van der Waals surface area contributed by atoms with Gasteiger partial charge in [-0.3, -0.25) is 0 Å². The number of nitrogens with zero attached hydrogens (tertiary/aromatic N) is 8. The first-order valence-corrected chi connectivity index (χ1v) is 39.4. The Kier molecular flexibility index (Phi) is 13.5. The van der Waals surface area contributed by atoms with Gasteiger partial charge in [-0.1, -0.05) is 218 Å². The monoisotopic (exact) mass is 1530 g/mol. The van der Waals surface area contributed by atoms with Gasteiger partial charge in [0.2, 0.25) is 0 Å². The van der Waals surface area contributed by atoms with Crippen molar-refractivity contribution in [2.45, 2.75) is 12.4 Å². The minimum absolute atomic E-state index is 0.242. The number of halogens is 6. The van der Waals surface area contributed by atoms with E-state index in [0.29, 0.717) is 65.8 Å². The number of aromatic nitrogens is 8. The number of benzene rings is 17. The Hall–Kier alpha value is -15.3. The van der Waals surface area contributed by atoms with E-state index >= 15 is 26.3 Å². The number of hydrogen-bond acceptors (Lipinski definition) is 0. The summed E-state index contributed by atoms with van der Waals surface area (Å²) in [6.07, 6.45) is -11.0. The molecule has 0 spiro atoms. The van der Waals surface area contributed by atoms with Crippen LogP contribution in [-0.2, 0) is 12.4 Å². The number of para-hydroxylation sites is 12. The van der Waals surface area contributed by atoms with Crippen molar-refractivity contribution in [2.75, 3.05) is 0 Å². The highest BCUT2D eigenvalue weighted by Gasteiger charge is 2.50. The predicted molar refractivity (Wildman–Crippen MR) is 471 cm³/mol. The molecular weight excluding hydrogens is 1480 g/mol. The van der Waals surface area contributed by atoms with Crippen LogP contribution < -0.4 is 0 Å². The molecule has 0 amide bonds. The molecule has 17 aromatic carbocycles. The third-order valence-electron chi connectivity index (χ3n) is 24.8. The van der Waals surface area contributed by atoms with E-state index in [9.17, 15) is 0 Å². The molecule has 8 aromatic heterocycles. The average Bonchev–Trinajstić information content (AvgIpc) is 1.44. The van der Waals surface area contributed by atoms with Gasteiger partial charge in [0, 0.05) is 109 Å². The minimum atomic E-state index is -5.51. The lowest BCUT2D eigenvalue weighted by atomic mass is 9.96. The fourth-order valence-corrected chi connectivity index (χ4v) is 20.3. The Morgan fingerprint density at radius 2 is 0.263 bits per heavy atom. The van der Waals surface area contributed by atoms with Gasteiger partial charge in [0.05, 0.1) is 111 Å². The van der Waals surface area contributed by atoms with Crippen molar-refractivity contribution in [2.24, 2.45) is 0 Å². The number of alkyl halides is 6. The molecule has 8 nitrogen and oxygen atoms in total. The molecule has 0 saturated carbocycles. The van der Waals surface area contributed by atoms with E-state index in [4.69, 9.17) is 0 Å². The molecule has 0 radical (unpaired) electrons. The number of hydrogen-bond donors (Lipinski definition) is 0. The van der Waals surface area contributed by atoms with Crippen LogP contribution in [0.1, 0.15) is 11.1 Å². The molecule has 0 aliphatic rings. The summed E-state index contributed by atoms with van der Waals surface area (Å²) < 4.78 is 133. The van der Waals surface area contributed by atoms with Crippen molar-refractivity contribution in [3.63, 3.8) is 0 Å². The first-order chi connectivity index (χ1) is 57.9. The normalized spacial score (nSPS) is 12.7. The van der Waals surface area contributed by atoms with Crippen LogP contribution in [0.2, 0.25) is 0 Å². The first-order valence-electron chi connectivity index (χ1n) is 39.4. The van der Waals surface area contributed by atoms with E-state index in [0.717, 1.165) is 87.2 Å². The Morgan fingerprint density at radius 1 is 0.136 bits per heavy atom. The topological polar surface area (TPSA) is 39.4 Å². The van der Waals surface area contributed by atoms with E-state index in [1.54, 1.807) is 72.8 Å². The van der Waals surface area contributed by atoms with E-state index in [1.807, 2.05) is 243 Å². The van der Waals surface area contributed by atoms with Gasteiger partial charge in [-0.2, -0.15) is 26.3 Å². The summed E-state index contributed by atoms with van der Waals surface area (Å²) in [5.74, 6) is 0. The zero-order chi connectivity index (χ0) is 78.3. The summed E-state index contributed by atoms with van der Waals surface area (Å²) in [5, 5.41) is 12.2. The Bertz CT molecular complexity index is 7490. The van der Waals surface area contributed by atoms with Crippen LogP contribution in [0.3, 0.4) is 0 Å².